The number of fused-ring (bicyclic) bond motifs is 2. The first-order valence-electron chi connectivity index (χ1n) is 11.9. The van der Waals surface area contributed by atoms with Gasteiger partial charge in [-0.2, -0.15) is 9.78 Å². The molecule has 0 atom stereocenters. The molecule has 4 aromatic carbocycles. The van der Waals surface area contributed by atoms with Crippen LogP contribution >= 0.6 is 56.8 Å². The van der Waals surface area contributed by atoms with E-state index in [4.69, 9.17) is 25.7 Å². The average molecular weight is 758 g/mol. The molecular formula is C30H18ClI2N3O3. The van der Waals surface area contributed by atoms with Gasteiger partial charge in [-0.3, -0.25) is 4.79 Å². The molecule has 2 aromatic heterocycles. The summed E-state index contributed by atoms with van der Waals surface area (Å²) in [5.41, 5.74) is 2.73. The summed E-state index contributed by atoms with van der Waals surface area (Å²) >= 11 is 10.8. The minimum Gasteiger partial charge on any atom is -0.487 e. The molecular weight excluding hydrogens is 740 g/mol. The highest BCUT2D eigenvalue weighted by molar-refractivity contribution is 14.1. The van der Waals surface area contributed by atoms with Crippen LogP contribution < -0.4 is 10.3 Å². The molecule has 0 fully saturated rings. The number of para-hydroxylation sites is 2. The Bertz CT molecular complexity index is 1890. The highest BCUT2D eigenvalue weighted by Crippen LogP contribution is 2.31. The second kappa shape index (κ2) is 11.1. The Morgan fingerprint density at radius 2 is 1.67 bits per heavy atom. The summed E-state index contributed by atoms with van der Waals surface area (Å²) < 4.78 is 15.3. The third-order valence-corrected chi connectivity index (χ3v) is 8.04. The summed E-state index contributed by atoms with van der Waals surface area (Å²) in [5.74, 6) is 1.56. The third-order valence-electron chi connectivity index (χ3n) is 6.07. The number of hydrogen-bond donors (Lipinski definition) is 0. The predicted molar refractivity (Wildman–Crippen MR) is 172 cm³/mol. The van der Waals surface area contributed by atoms with Crippen LogP contribution in [0.5, 0.6) is 5.75 Å². The van der Waals surface area contributed by atoms with Crippen molar-refractivity contribution < 1.29 is 9.15 Å². The third kappa shape index (κ3) is 5.32. The van der Waals surface area contributed by atoms with Gasteiger partial charge in [-0.15, -0.1) is 0 Å². The van der Waals surface area contributed by atoms with Gasteiger partial charge in [0.15, 0.2) is 5.76 Å². The van der Waals surface area contributed by atoms with Crippen LogP contribution in [0.3, 0.4) is 0 Å². The Kier molecular flexibility index (Phi) is 7.41. The standard InChI is InChI=1S/C30H18ClI2N3O3/c31-22-10-4-1-8-20(22)17-38-28-23(32)13-18(14-24(28)33)16-34-36-29(27-15-19-7-2-6-12-26(19)39-27)35-25-11-5-3-9-21(25)30(36)37/h1-16H,17H2. The van der Waals surface area contributed by atoms with E-state index in [1.807, 2.05) is 84.9 Å². The van der Waals surface area contributed by atoms with E-state index in [0.717, 1.165) is 29.4 Å². The van der Waals surface area contributed by atoms with Gasteiger partial charge in [0.2, 0.25) is 5.82 Å². The molecule has 6 nitrogen and oxygen atoms in total. The molecule has 0 saturated heterocycles. The molecule has 0 unspecified atom stereocenters. The van der Waals surface area contributed by atoms with Gasteiger partial charge in [-0.1, -0.05) is 60.1 Å². The van der Waals surface area contributed by atoms with Crippen LogP contribution in [0.25, 0.3) is 33.5 Å². The van der Waals surface area contributed by atoms with Crippen molar-refractivity contribution in [2.24, 2.45) is 5.10 Å². The van der Waals surface area contributed by atoms with Crippen LogP contribution in [0.4, 0.5) is 0 Å². The van der Waals surface area contributed by atoms with Gasteiger partial charge in [0.1, 0.15) is 17.9 Å². The van der Waals surface area contributed by atoms with E-state index >= 15 is 0 Å². The van der Waals surface area contributed by atoms with Crippen LogP contribution in [0, 0.1) is 7.14 Å². The van der Waals surface area contributed by atoms with E-state index < -0.39 is 0 Å². The van der Waals surface area contributed by atoms with Gasteiger partial charge in [-0.25, -0.2) is 4.98 Å². The van der Waals surface area contributed by atoms with Crippen LogP contribution in [-0.2, 0) is 6.61 Å². The molecule has 6 rings (SSSR count). The van der Waals surface area contributed by atoms with Crippen LogP contribution in [-0.4, -0.2) is 15.9 Å². The lowest BCUT2D eigenvalue weighted by atomic mass is 10.2. The SMILES string of the molecule is O=c1c2ccccc2nc(-c2cc3ccccc3o2)n1N=Cc1cc(I)c(OCc2ccccc2Cl)c(I)c1. The molecule has 192 valence electrons. The van der Waals surface area contributed by atoms with Crippen molar-refractivity contribution in [2.45, 2.75) is 6.61 Å². The van der Waals surface area contributed by atoms with Crippen molar-refractivity contribution >= 4 is 84.9 Å². The van der Waals surface area contributed by atoms with E-state index in [1.165, 1.54) is 4.68 Å². The molecule has 0 spiro atoms. The predicted octanol–water partition coefficient (Wildman–Crippen LogP) is 8.13. The van der Waals surface area contributed by atoms with Crippen LogP contribution in [0.15, 0.2) is 105 Å². The summed E-state index contributed by atoms with van der Waals surface area (Å²) in [4.78, 5) is 18.3. The minimum atomic E-state index is -0.281. The number of ether oxygens (including phenoxy) is 1. The van der Waals surface area contributed by atoms with E-state index in [9.17, 15) is 4.79 Å². The molecule has 39 heavy (non-hydrogen) atoms. The molecule has 0 aliphatic rings. The Morgan fingerprint density at radius 3 is 2.46 bits per heavy atom. The average Bonchev–Trinajstić information content (AvgIpc) is 3.37. The molecule has 9 heteroatoms. The summed E-state index contributed by atoms with van der Waals surface area (Å²) in [5, 5.41) is 6.64. The van der Waals surface area contributed by atoms with Crippen molar-refractivity contribution in [3.63, 3.8) is 0 Å². The zero-order valence-electron chi connectivity index (χ0n) is 20.1. The summed E-state index contributed by atoms with van der Waals surface area (Å²) in [6.07, 6.45) is 1.65. The zero-order chi connectivity index (χ0) is 26.9. The first-order valence-corrected chi connectivity index (χ1v) is 14.4. The Hall–Kier alpha value is -3.22. The van der Waals surface area contributed by atoms with Crippen molar-refractivity contribution in [2.75, 3.05) is 0 Å². The molecule has 0 bridgehead atoms. The lowest BCUT2D eigenvalue weighted by Crippen LogP contribution is -2.20. The smallest absolute Gasteiger partial charge is 0.282 e. The Labute approximate surface area is 255 Å². The van der Waals surface area contributed by atoms with E-state index in [0.29, 0.717) is 39.7 Å². The van der Waals surface area contributed by atoms with Gasteiger partial charge in [0.25, 0.3) is 5.56 Å². The van der Waals surface area contributed by atoms with Crippen molar-refractivity contribution in [1.82, 2.24) is 9.66 Å². The van der Waals surface area contributed by atoms with Crippen molar-refractivity contribution in [3.05, 3.63) is 125 Å². The maximum Gasteiger partial charge on any atom is 0.282 e. The fraction of sp³-hybridized carbons (Fsp3) is 0.0333. The van der Waals surface area contributed by atoms with Crippen LogP contribution in [0.2, 0.25) is 5.02 Å². The van der Waals surface area contributed by atoms with E-state index in [2.05, 4.69) is 50.3 Å². The highest BCUT2D eigenvalue weighted by Gasteiger charge is 2.17. The molecule has 6 aromatic rings. The molecule has 0 amide bonds. The largest absolute Gasteiger partial charge is 0.487 e. The minimum absolute atomic E-state index is 0.281. The number of aromatic nitrogens is 2. The second-order valence-electron chi connectivity index (χ2n) is 8.66. The second-order valence-corrected chi connectivity index (χ2v) is 11.4. The highest BCUT2D eigenvalue weighted by atomic mass is 127. The summed E-state index contributed by atoms with van der Waals surface area (Å²) in [6, 6.07) is 28.3. The van der Waals surface area contributed by atoms with Gasteiger partial charge >= 0.3 is 0 Å². The molecule has 0 radical (unpaired) electrons. The van der Waals surface area contributed by atoms with Gasteiger partial charge in [-0.05, 0) is 93.2 Å². The molecule has 0 N–H and O–H groups in total. The lowest BCUT2D eigenvalue weighted by Gasteiger charge is -2.12. The van der Waals surface area contributed by atoms with E-state index in [-0.39, 0.29) is 5.56 Å². The Morgan fingerprint density at radius 1 is 0.949 bits per heavy atom. The van der Waals surface area contributed by atoms with Gasteiger partial charge in [0, 0.05) is 16.0 Å². The van der Waals surface area contributed by atoms with E-state index in [1.54, 1.807) is 12.3 Å². The molecule has 0 aliphatic carbocycles. The monoisotopic (exact) mass is 757 g/mol. The Balaban J connectivity index is 1.38. The van der Waals surface area contributed by atoms with Gasteiger partial charge < -0.3 is 9.15 Å². The van der Waals surface area contributed by atoms with Crippen molar-refractivity contribution in [3.8, 4) is 17.3 Å². The number of hydrogen-bond acceptors (Lipinski definition) is 5. The number of halogens is 3. The first kappa shape index (κ1) is 26.0. The molecule has 0 saturated carbocycles. The normalized spacial score (nSPS) is 11.6. The number of furan rings is 1. The van der Waals surface area contributed by atoms with Crippen molar-refractivity contribution in [1.29, 1.82) is 0 Å². The summed E-state index contributed by atoms with van der Waals surface area (Å²) in [6.45, 7) is 0.359. The first-order chi connectivity index (χ1) is 19.0. The molecule has 0 aliphatic heterocycles. The molecule has 2 heterocycles. The van der Waals surface area contributed by atoms with Crippen LogP contribution in [0.1, 0.15) is 11.1 Å². The quantitative estimate of drug-likeness (QED) is 0.127. The topological polar surface area (TPSA) is 69.6 Å². The maximum absolute atomic E-state index is 13.5. The number of benzene rings is 4. The number of rotatable bonds is 6. The fourth-order valence-electron chi connectivity index (χ4n) is 4.16. The lowest BCUT2D eigenvalue weighted by molar-refractivity contribution is 0.302. The van der Waals surface area contributed by atoms with Gasteiger partial charge in [0.05, 0.1) is 24.3 Å². The fourth-order valence-corrected chi connectivity index (χ4v) is 6.48. The summed E-state index contributed by atoms with van der Waals surface area (Å²) in [7, 11) is 0. The number of nitrogens with zero attached hydrogens (tertiary/aromatic N) is 3. The maximum atomic E-state index is 13.5. The zero-order valence-corrected chi connectivity index (χ0v) is 25.2.